The highest BCUT2D eigenvalue weighted by Crippen LogP contribution is 2.36. The Morgan fingerprint density at radius 3 is 2.64 bits per heavy atom. The van der Waals surface area contributed by atoms with Crippen molar-refractivity contribution in [2.45, 2.75) is 6.18 Å². The van der Waals surface area contributed by atoms with Crippen molar-refractivity contribution in [2.24, 2.45) is 0 Å². The van der Waals surface area contributed by atoms with Gasteiger partial charge in [0, 0.05) is 18.7 Å². The third-order valence-electron chi connectivity index (χ3n) is 5.14. The highest BCUT2D eigenvalue weighted by atomic mass is 32.1. The summed E-state index contributed by atoms with van der Waals surface area (Å²) in [7, 11) is 0. The van der Waals surface area contributed by atoms with Gasteiger partial charge in [-0.15, -0.1) is 0 Å². The van der Waals surface area contributed by atoms with Crippen LogP contribution in [0.1, 0.15) is 16.1 Å². The topological polar surface area (TPSA) is 84.7 Å². The highest BCUT2D eigenvalue weighted by molar-refractivity contribution is 7.19. The first-order chi connectivity index (χ1) is 15.9. The molecule has 33 heavy (non-hydrogen) atoms. The van der Waals surface area contributed by atoms with Crippen molar-refractivity contribution in [3.8, 4) is 11.3 Å². The number of ether oxygens (including phenoxy) is 1. The number of halogens is 3. The molecule has 1 fully saturated rings. The number of nitrogens with one attached hydrogen (secondary N) is 1. The van der Waals surface area contributed by atoms with E-state index < -0.39 is 17.6 Å². The Balaban J connectivity index is 1.43. The van der Waals surface area contributed by atoms with Gasteiger partial charge in [0.25, 0.3) is 5.91 Å². The van der Waals surface area contributed by atoms with Crippen LogP contribution in [0.3, 0.4) is 0 Å². The van der Waals surface area contributed by atoms with Gasteiger partial charge in [-0.1, -0.05) is 29.5 Å². The molecule has 0 bridgehead atoms. The molecule has 4 aromatic rings. The van der Waals surface area contributed by atoms with Crippen LogP contribution < -0.4 is 10.2 Å². The van der Waals surface area contributed by atoms with E-state index in [1.165, 1.54) is 52.4 Å². The molecule has 1 amide bonds. The van der Waals surface area contributed by atoms with Crippen LogP contribution in [-0.2, 0) is 10.9 Å². The van der Waals surface area contributed by atoms with Crippen LogP contribution in [0.5, 0.6) is 0 Å². The summed E-state index contributed by atoms with van der Waals surface area (Å²) in [6.45, 7) is 2.75. The molecule has 0 spiro atoms. The average Bonchev–Trinajstić information content (AvgIpc) is 3.46. The number of imidazole rings is 1. The monoisotopic (exact) mass is 474 g/mol. The zero-order chi connectivity index (χ0) is 23.0. The molecular weight excluding hydrogens is 457 g/mol. The van der Waals surface area contributed by atoms with Gasteiger partial charge in [0.1, 0.15) is 5.00 Å². The molecule has 0 aliphatic carbocycles. The number of benzene rings is 1. The molecule has 170 valence electrons. The number of carbonyl (C=O) groups is 1. The molecule has 1 saturated heterocycles. The van der Waals surface area contributed by atoms with Crippen molar-refractivity contribution in [3.05, 3.63) is 60.0 Å². The van der Waals surface area contributed by atoms with E-state index >= 15 is 0 Å². The van der Waals surface area contributed by atoms with Crippen molar-refractivity contribution in [1.82, 2.24) is 19.6 Å². The second-order valence-corrected chi connectivity index (χ2v) is 8.24. The van der Waals surface area contributed by atoms with Crippen LogP contribution in [0.2, 0.25) is 0 Å². The molecule has 5 rings (SSSR count). The van der Waals surface area contributed by atoms with Gasteiger partial charge in [-0.3, -0.25) is 10.1 Å². The van der Waals surface area contributed by atoms with Gasteiger partial charge in [0.15, 0.2) is 16.5 Å². The Morgan fingerprint density at radius 1 is 1.06 bits per heavy atom. The minimum Gasteiger partial charge on any atom is -0.378 e. The van der Waals surface area contributed by atoms with Gasteiger partial charge in [0.2, 0.25) is 0 Å². The molecule has 12 heteroatoms. The van der Waals surface area contributed by atoms with Gasteiger partial charge in [-0.2, -0.15) is 18.3 Å². The highest BCUT2D eigenvalue weighted by Gasteiger charge is 2.33. The quantitative estimate of drug-likeness (QED) is 0.482. The first-order valence-corrected chi connectivity index (χ1v) is 10.8. The number of aromatic nitrogens is 4. The third kappa shape index (κ3) is 4.26. The molecule has 0 unspecified atom stereocenters. The molecule has 1 aromatic carbocycles. The molecule has 1 aliphatic rings. The standard InChI is InChI=1S/C21H17F3N6O2S/c22-21(23,24)14-4-2-1-3-13(14)15-5-6-17-25-11-16(30(17)28-15)19(31)27-20-26-12-18(33-20)29-7-9-32-10-8-29/h1-6,11-12H,7-10H2,(H,26,27,31). The Bertz CT molecular complexity index is 1310. The molecule has 0 atom stereocenters. The lowest BCUT2D eigenvalue weighted by Crippen LogP contribution is -2.35. The van der Waals surface area contributed by atoms with Crippen LogP contribution in [0.25, 0.3) is 16.9 Å². The predicted molar refractivity (Wildman–Crippen MR) is 117 cm³/mol. The smallest absolute Gasteiger partial charge is 0.378 e. The van der Waals surface area contributed by atoms with E-state index in [1.54, 1.807) is 6.20 Å². The third-order valence-corrected chi connectivity index (χ3v) is 6.11. The number of fused-ring (bicyclic) bond motifs is 1. The summed E-state index contributed by atoms with van der Waals surface area (Å²) in [6, 6.07) is 8.14. The van der Waals surface area contributed by atoms with Crippen molar-refractivity contribution in [2.75, 3.05) is 36.5 Å². The molecule has 3 aromatic heterocycles. The van der Waals surface area contributed by atoms with Crippen LogP contribution in [-0.4, -0.2) is 51.8 Å². The number of hydrogen-bond donors (Lipinski definition) is 1. The summed E-state index contributed by atoms with van der Waals surface area (Å²) < 4.78 is 46.9. The van der Waals surface area contributed by atoms with Gasteiger partial charge < -0.3 is 9.64 Å². The summed E-state index contributed by atoms with van der Waals surface area (Å²) in [5, 5.41) is 8.31. The van der Waals surface area contributed by atoms with Crippen molar-refractivity contribution < 1.29 is 22.7 Å². The fourth-order valence-corrected chi connectivity index (χ4v) is 4.40. The number of carbonyl (C=O) groups excluding carboxylic acids is 1. The van der Waals surface area contributed by atoms with Gasteiger partial charge in [-0.05, 0) is 18.2 Å². The lowest BCUT2D eigenvalue weighted by molar-refractivity contribution is -0.137. The Morgan fingerprint density at radius 2 is 1.85 bits per heavy atom. The molecule has 1 aliphatic heterocycles. The van der Waals surface area contributed by atoms with E-state index in [4.69, 9.17) is 4.74 Å². The molecule has 4 heterocycles. The average molecular weight is 474 g/mol. The van der Waals surface area contributed by atoms with Gasteiger partial charge in [0.05, 0.1) is 36.9 Å². The number of morpholine rings is 1. The predicted octanol–water partition coefficient (Wildman–Crippen LogP) is 3.96. The lowest BCUT2D eigenvalue weighted by Gasteiger charge is -2.26. The number of amides is 1. The first-order valence-electron chi connectivity index (χ1n) is 10.0. The fraction of sp³-hybridized carbons (Fsp3) is 0.238. The number of nitrogens with zero attached hydrogens (tertiary/aromatic N) is 5. The largest absolute Gasteiger partial charge is 0.417 e. The second-order valence-electron chi connectivity index (χ2n) is 7.23. The number of hydrogen-bond acceptors (Lipinski definition) is 7. The SMILES string of the molecule is O=C(Nc1ncc(N2CCOCC2)s1)c1cnc2ccc(-c3ccccc3C(F)(F)F)nn12. The number of anilines is 2. The molecular formula is C21H17F3N6O2S. The summed E-state index contributed by atoms with van der Waals surface area (Å²) in [5.41, 5.74) is -0.393. The Hall–Kier alpha value is -3.51. The lowest BCUT2D eigenvalue weighted by atomic mass is 10.0. The summed E-state index contributed by atoms with van der Waals surface area (Å²) in [6.07, 6.45) is -1.52. The summed E-state index contributed by atoms with van der Waals surface area (Å²) >= 11 is 1.33. The van der Waals surface area contributed by atoms with Crippen LogP contribution in [0.15, 0.2) is 48.8 Å². The maximum atomic E-state index is 13.4. The van der Waals surface area contributed by atoms with Crippen molar-refractivity contribution in [1.29, 1.82) is 0 Å². The van der Waals surface area contributed by atoms with Crippen molar-refractivity contribution >= 4 is 33.0 Å². The Labute approximate surface area is 189 Å². The maximum absolute atomic E-state index is 13.4. The maximum Gasteiger partial charge on any atom is 0.417 e. The number of rotatable bonds is 4. The zero-order valence-electron chi connectivity index (χ0n) is 17.0. The molecule has 0 radical (unpaired) electrons. The summed E-state index contributed by atoms with van der Waals surface area (Å²) in [5.74, 6) is -0.515. The molecule has 8 nitrogen and oxygen atoms in total. The van der Waals surface area contributed by atoms with Crippen LogP contribution in [0.4, 0.5) is 23.3 Å². The summed E-state index contributed by atoms with van der Waals surface area (Å²) in [4.78, 5) is 23.4. The molecule has 0 saturated carbocycles. The normalized spacial score (nSPS) is 14.6. The van der Waals surface area contributed by atoms with E-state index in [-0.39, 0.29) is 17.0 Å². The van der Waals surface area contributed by atoms with Crippen LogP contribution >= 0.6 is 11.3 Å². The van der Waals surface area contributed by atoms with E-state index in [9.17, 15) is 18.0 Å². The van der Waals surface area contributed by atoms with Crippen molar-refractivity contribution in [3.63, 3.8) is 0 Å². The van der Waals surface area contributed by atoms with Gasteiger partial charge in [-0.25, -0.2) is 14.5 Å². The second kappa shape index (κ2) is 8.45. The van der Waals surface area contributed by atoms with E-state index in [0.717, 1.165) is 24.2 Å². The van der Waals surface area contributed by atoms with Gasteiger partial charge >= 0.3 is 6.18 Å². The van der Waals surface area contributed by atoms with E-state index in [2.05, 4.69) is 25.3 Å². The minimum absolute atomic E-state index is 0.0753. The first kappa shape index (κ1) is 21.3. The molecule has 1 N–H and O–H groups in total. The van der Waals surface area contributed by atoms with E-state index in [0.29, 0.717) is 24.0 Å². The van der Waals surface area contributed by atoms with E-state index in [1.807, 2.05) is 0 Å². The fourth-order valence-electron chi connectivity index (χ4n) is 3.54. The van der Waals surface area contributed by atoms with Crippen LogP contribution in [0, 0.1) is 0 Å². The minimum atomic E-state index is -4.54. The number of thiazole rings is 1. The zero-order valence-corrected chi connectivity index (χ0v) is 17.9. The number of alkyl halides is 3. The Kier molecular flexibility index (Phi) is 5.46.